The summed E-state index contributed by atoms with van der Waals surface area (Å²) in [6, 6.07) is 11.6. The van der Waals surface area contributed by atoms with Crippen LogP contribution in [0.25, 0.3) is 0 Å². The van der Waals surface area contributed by atoms with Crippen LogP contribution in [0.1, 0.15) is 16.7 Å². The highest BCUT2D eigenvalue weighted by molar-refractivity contribution is 6.31. The fourth-order valence-electron chi connectivity index (χ4n) is 1.94. The third-order valence-electron chi connectivity index (χ3n) is 2.98. The summed E-state index contributed by atoms with van der Waals surface area (Å²) in [7, 11) is 1.89. The molecular weight excluding hydrogens is 293 g/mol. The molecule has 2 nitrogen and oxygen atoms in total. The van der Waals surface area contributed by atoms with Gasteiger partial charge in [-0.3, -0.25) is 0 Å². The predicted octanol–water partition coefficient (Wildman–Crippen LogP) is 4.60. The molecule has 0 fully saturated rings. The van der Waals surface area contributed by atoms with Gasteiger partial charge < -0.3 is 10.1 Å². The normalized spacial score (nSPS) is 10.6. The molecule has 0 amide bonds. The van der Waals surface area contributed by atoms with Crippen molar-refractivity contribution in [3.63, 3.8) is 0 Å². The van der Waals surface area contributed by atoms with Crippen molar-refractivity contribution < 1.29 is 4.74 Å². The monoisotopic (exact) mass is 309 g/mol. The SMILES string of the molecule is CNCc1cc(Cl)ccc1OCc1ccc(C)cc1Cl. The molecule has 0 aromatic heterocycles. The van der Waals surface area contributed by atoms with E-state index in [2.05, 4.69) is 5.32 Å². The number of aryl methyl sites for hydroxylation is 1. The van der Waals surface area contributed by atoms with Gasteiger partial charge in [0, 0.05) is 27.7 Å². The molecular formula is C16H17Cl2NO. The first-order valence-electron chi connectivity index (χ1n) is 6.41. The first-order valence-corrected chi connectivity index (χ1v) is 7.16. The Morgan fingerprint density at radius 1 is 1.05 bits per heavy atom. The van der Waals surface area contributed by atoms with Crippen LogP contribution in [0, 0.1) is 6.92 Å². The van der Waals surface area contributed by atoms with Gasteiger partial charge in [0.2, 0.25) is 0 Å². The minimum Gasteiger partial charge on any atom is -0.489 e. The third-order valence-corrected chi connectivity index (χ3v) is 3.57. The van der Waals surface area contributed by atoms with Gasteiger partial charge in [-0.1, -0.05) is 35.3 Å². The topological polar surface area (TPSA) is 21.3 Å². The molecule has 0 spiro atoms. The van der Waals surface area contributed by atoms with Crippen LogP contribution in [0.5, 0.6) is 5.75 Å². The summed E-state index contributed by atoms with van der Waals surface area (Å²) < 4.78 is 5.87. The number of hydrogen-bond acceptors (Lipinski definition) is 2. The zero-order chi connectivity index (χ0) is 14.5. The van der Waals surface area contributed by atoms with E-state index in [1.165, 1.54) is 0 Å². The minimum atomic E-state index is 0.442. The van der Waals surface area contributed by atoms with Gasteiger partial charge in [0.25, 0.3) is 0 Å². The van der Waals surface area contributed by atoms with E-state index in [4.69, 9.17) is 27.9 Å². The molecule has 2 aromatic carbocycles. The average Bonchev–Trinajstić information content (AvgIpc) is 2.40. The zero-order valence-electron chi connectivity index (χ0n) is 11.5. The van der Waals surface area contributed by atoms with Crippen molar-refractivity contribution in [2.24, 2.45) is 0 Å². The summed E-state index contributed by atoms with van der Waals surface area (Å²) in [6.07, 6.45) is 0. The number of nitrogens with one attached hydrogen (secondary N) is 1. The van der Waals surface area contributed by atoms with E-state index in [1.54, 1.807) is 0 Å². The van der Waals surface area contributed by atoms with Gasteiger partial charge in [-0.2, -0.15) is 0 Å². The van der Waals surface area contributed by atoms with Crippen LogP contribution in [0.3, 0.4) is 0 Å². The molecule has 0 unspecified atom stereocenters. The summed E-state index contributed by atoms with van der Waals surface area (Å²) in [4.78, 5) is 0. The molecule has 0 radical (unpaired) electrons. The van der Waals surface area contributed by atoms with E-state index in [9.17, 15) is 0 Å². The van der Waals surface area contributed by atoms with Gasteiger partial charge in [0.05, 0.1) is 0 Å². The molecule has 106 valence electrons. The maximum absolute atomic E-state index is 6.21. The highest BCUT2D eigenvalue weighted by atomic mass is 35.5. The first kappa shape index (κ1) is 15.2. The molecule has 0 saturated heterocycles. The molecule has 0 heterocycles. The molecule has 0 aliphatic rings. The standard InChI is InChI=1S/C16H17Cl2NO/c1-11-3-4-12(15(18)7-11)10-20-16-6-5-14(17)8-13(16)9-19-2/h3-8,19H,9-10H2,1-2H3. The molecule has 0 aliphatic carbocycles. The molecule has 0 atom stereocenters. The lowest BCUT2D eigenvalue weighted by Gasteiger charge is -2.13. The van der Waals surface area contributed by atoms with Crippen molar-refractivity contribution in [3.05, 3.63) is 63.1 Å². The highest BCUT2D eigenvalue weighted by Gasteiger charge is 2.06. The second-order valence-electron chi connectivity index (χ2n) is 4.67. The Kier molecular flexibility index (Phi) is 5.30. The number of halogens is 2. The van der Waals surface area contributed by atoms with Gasteiger partial charge in [-0.25, -0.2) is 0 Å². The number of rotatable bonds is 5. The Hall–Kier alpha value is -1.22. The maximum Gasteiger partial charge on any atom is 0.124 e. The Morgan fingerprint density at radius 3 is 2.55 bits per heavy atom. The molecule has 1 N–H and O–H groups in total. The van der Waals surface area contributed by atoms with Crippen LogP contribution in [-0.4, -0.2) is 7.05 Å². The van der Waals surface area contributed by atoms with Crippen molar-refractivity contribution in [2.75, 3.05) is 7.05 Å². The van der Waals surface area contributed by atoms with Crippen LogP contribution in [-0.2, 0) is 13.2 Å². The summed E-state index contributed by atoms with van der Waals surface area (Å²) >= 11 is 12.2. The smallest absolute Gasteiger partial charge is 0.124 e. The summed E-state index contributed by atoms with van der Waals surface area (Å²) in [5, 5.41) is 4.54. The highest BCUT2D eigenvalue weighted by Crippen LogP contribution is 2.25. The van der Waals surface area contributed by atoms with Crippen LogP contribution < -0.4 is 10.1 Å². The van der Waals surface area contributed by atoms with Crippen LogP contribution in [0.2, 0.25) is 10.0 Å². The Bertz CT molecular complexity index is 599. The molecule has 0 aliphatic heterocycles. The predicted molar refractivity (Wildman–Crippen MR) is 84.7 cm³/mol. The van der Waals surface area contributed by atoms with Crippen molar-refractivity contribution in [2.45, 2.75) is 20.1 Å². The molecule has 2 rings (SSSR count). The van der Waals surface area contributed by atoms with E-state index < -0.39 is 0 Å². The zero-order valence-corrected chi connectivity index (χ0v) is 13.1. The summed E-state index contributed by atoms with van der Waals surface area (Å²) in [5.74, 6) is 0.820. The third kappa shape index (κ3) is 3.89. The van der Waals surface area contributed by atoms with E-state index in [1.807, 2.05) is 50.4 Å². The lowest BCUT2D eigenvalue weighted by Crippen LogP contribution is -2.07. The van der Waals surface area contributed by atoms with E-state index in [0.717, 1.165) is 27.5 Å². The van der Waals surface area contributed by atoms with Gasteiger partial charge in [-0.05, 0) is 43.8 Å². The summed E-state index contributed by atoms with van der Waals surface area (Å²) in [6.45, 7) is 3.16. The molecule has 2 aromatic rings. The quantitative estimate of drug-likeness (QED) is 0.871. The number of benzene rings is 2. The largest absolute Gasteiger partial charge is 0.489 e. The second kappa shape index (κ2) is 6.98. The van der Waals surface area contributed by atoms with E-state index in [-0.39, 0.29) is 0 Å². The van der Waals surface area contributed by atoms with Crippen molar-refractivity contribution in [1.82, 2.24) is 5.32 Å². The van der Waals surface area contributed by atoms with Crippen LogP contribution in [0.15, 0.2) is 36.4 Å². The van der Waals surface area contributed by atoms with Crippen molar-refractivity contribution in [1.29, 1.82) is 0 Å². The van der Waals surface area contributed by atoms with Crippen molar-refractivity contribution in [3.8, 4) is 5.75 Å². The fraction of sp³-hybridized carbons (Fsp3) is 0.250. The molecule has 0 saturated carbocycles. The molecule has 4 heteroatoms. The van der Waals surface area contributed by atoms with E-state index >= 15 is 0 Å². The van der Waals surface area contributed by atoms with Gasteiger partial charge >= 0.3 is 0 Å². The second-order valence-corrected chi connectivity index (χ2v) is 5.51. The maximum atomic E-state index is 6.21. The van der Waals surface area contributed by atoms with E-state index in [0.29, 0.717) is 18.2 Å². The molecule has 20 heavy (non-hydrogen) atoms. The Labute approximate surface area is 129 Å². The fourth-order valence-corrected chi connectivity index (χ4v) is 2.43. The first-order chi connectivity index (χ1) is 9.60. The minimum absolute atomic E-state index is 0.442. The number of hydrogen-bond donors (Lipinski definition) is 1. The van der Waals surface area contributed by atoms with Crippen LogP contribution >= 0.6 is 23.2 Å². The summed E-state index contributed by atoms with van der Waals surface area (Å²) in [5.41, 5.74) is 3.15. The lowest BCUT2D eigenvalue weighted by molar-refractivity contribution is 0.302. The van der Waals surface area contributed by atoms with Crippen molar-refractivity contribution >= 4 is 23.2 Å². The van der Waals surface area contributed by atoms with Gasteiger partial charge in [0.15, 0.2) is 0 Å². The average molecular weight is 310 g/mol. The molecule has 0 bridgehead atoms. The Morgan fingerprint density at radius 2 is 1.85 bits per heavy atom. The Balaban J connectivity index is 2.14. The number of ether oxygens (including phenoxy) is 1. The van der Waals surface area contributed by atoms with Gasteiger partial charge in [-0.15, -0.1) is 0 Å². The lowest BCUT2D eigenvalue weighted by atomic mass is 10.1. The van der Waals surface area contributed by atoms with Crippen LogP contribution in [0.4, 0.5) is 0 Å². The van der Waals surface area contributed by atoms with Gasteiger partial charge in [0.1, 0.15) is 12.4 Å².